The maximum atomic E-state index is 5.44. The van der Waals surface area contributed by atoms with Crippen LogP contribution < -0.4 is 0 Å². The number of hydrogen-bond donors (Lipinski definition) is 0. The minimum atomic E-state index is -0.00249. The van der Waals surface area contributed by atoms with E-state index in [0.29, 0.717) is 0 Å². The SMILES string of the molecule is CC1(c2ccc(CN3CCOCC3)cc2)CO1. The second kappa shape index (κ2) is 4.41. The minimum Gasteiger partial charge on any atom is -0.379 e. The third-order valence-corrected chi connectivity index (χ3v) is 3.65. The van der Waals surface area contributed by atoms with Gasteiger partial charge in [0.15, 0.2) is 0 Å². The van der Waals surface area contributed by atoms with Gasteiger partial charge in [0, 0.05) is 19.6 Å². The summed E-state index contributed by atoms with van der Waals surface area (Å²) in [4.78, 5) is 2.44. The fraction of sp³-hybridized carbons (Fsp3) is 0.571. The van der Waals surface area contributed by atoms with E-state index in [2.05, 4.69) is 36.1 Å². The number of rotatable bonds is 3. The Labute approximate surface area is 102 Å². The number of morpholine rings is 1. The fourth-order valence-corrected chi connectivity index (χ4v) is 2.26. The zero-order valence-electron chi connectivity index (χ0n) is 10.3. The normalized spacial score (nSPS) is 29.2. The van der Waals surface area contributed by atoms with Crippen LogP contribution in [0.4, 0.5) is 0 Å². The van der Waals surface area contributed by atoms with Gasteiger partial charge in [0.2, 0.25) is 0 Å². The average molecular weight is 233 g/mol. The fourth-order valence-electron chi connectivity index (χ4n) is 2.26. The Morgan fingerprint density at radius 2 is 1.82 bits per heavy atom. The van der Waals surface area contributed by atoms with Crippen molar-refractivity contribution in [2.75, 3.05) is 32.9 Å². The van der Waals surface area contributed by atoms with Gasteiger partial charge in [0.25, 0.3) is 0 Å². The van der Waals surface area contributed by atoms with Crippen molar-refractivity contribution in [1.29, 1.82) is 0 Å². The van der Waals surface area contributed by atoms with Crippen molar-refractivity contribution in [1.82, 2.24) is 4.90 Å². The summed E-state index contributed by atoms with van der Waals surface area (Å²) in [6, 6.07) is 8.83. The molecule has 2 aliphatic rings. The highest BCUT2D eigenvalue weighted by atomic mass is 16.6. The molecule has 2 saturated heterocycles. The Balaban J connectivity index is 1.63. The number of benzene rings is 1. The molecule has 1 aromatic carbocycles. The summed E-state index contributed by atoms with van der Waals surface area (Å²) in [6.07, 6.45) is 0. The van der Waals surface area contributed by atoms with Crippen LogP contribution in [0.25, 0.3) is 0 Å². The van der Waals surface area contributed by atoms with Crippen LogP contribution in [0.2, 0.25) is 0 Å². The third-order valence-electron chi connectivity index (χ3n) is 3.65. The number of hydrogen-bond acceptors (Lipinski definition) is 3. The average Bonchev–Trinajstić information content (AvgIpc) is 3.11. The summed E-state index contributed by atoms with van der Waals surface area (Å²) < 4.78 is 10.8. The van der Waals surface area contributed by atoms with Gasteiger partial charge >= 0.3 is 0 Å². The Morgan fingerprint density at radius 3 is 2.41 bits per heavy atom. The lowest BCUT2D eigenvalue weighted by Gasteiger charge is -2.26. The summed E-state index contributed by atoms with van der Waals surface area (Å²) in [7, 11) is 0. The van der Waals surface area contributed by atoms with Crippen LogP contribution in [0.1, 0.15) is 18.1 Å². The van der Waals surface area contributed by atoms with Gasteiger partial charge < -0.3 is 9.47 Å². The van der Waals surface area contributed by atoms with Crippen LogP contribution in [0.15, 0.2) is 24.3 Å². The maximum absolute atomic E-state index is 5.44. The highest BCUT2D eigenvalue weighted by molar-refractivity contribution is 5.29. The predicted octanol–water partition coefficient (Wildman–Crippen LogP) is 1.76. The first-order valence-electron chi connectivity index (χ1n) is 6.30. The number of epoxide rings is 1. The molecule has 0 aliphatic carbocycles. The molecule has 3 heteroatoms. The van der Waals surface area contributed by atoms with Gasteiger partial charge in [-0.15, -0.1) is 0 Å². The first kappa shape index (κ1) is 11.2. The van der Waals surface area contributed by atoms with Crippen molar-refractivity contribution < 1.29 is 9.47 Å². The second-order valence-electron chi connectivity index (χ2n) is 5.10. The van der Waals surface area contributed by atoms with Gasteiger partial charge in [-0.05, 0) is 18.1 Å². The van der Waals surface area contributed by atoms with Crippen molar-refractivity contribution in [2.45, 2.75) is 19.1 Å². The van der Waals surface area contributed by atoms with E-state index in [0.717, 1.165) is 39.5 Å². The number of nitrogens with zero attached hydrogens (tertiary/aromatic N) is 1. The monoisotopic (exact) mass is 233 g/mol. The van der Waals surface area contributed by atoms with Crippen LogP contribution in [0.5, 0.6) is 0 Å². The summed E-state index contributed by atoms with van der Waals surface area (Å²) in [5.74, 6) is 0. The number of ether oxygens (including phenoxy) is 2. The molecule has 2 fully saturated rings. The van der Waals surface area contributed by atoms with Crippen molar-refractivity contribution in [3.8, 4) is 0 Å². The van der Waals surface area contributed by atoms with E-state index >= 15 is 0 Å². The molecule has 2 heterocycles. The lowest BCUT2D eigenvalue weighted by atomic mass is 10.0. The van der Waals surface area contributed by atoms with Gasteiger partial charge in [-0.25, -0.2) is 0 Å². The van der Waals surface area contributed by atoms with E-state index in [1.54, 1.807) is 0 Å². The molecule has 1 atom stereocenters. The summed E-state index contributed by atoms with van der Waals surface area (Å²) in [6.45, 7) is 7.85. The van der Waals surface area contributed by atoms with Crippen molar-refractivity contribution in [3.63, 3.8) is 0 Å². The van der Waals surface area contributed by atoms with E-state index in [9.17, 15) is 0 Å². The Bertz CT molecular complexity index is 378. The zero-order valence-corrected chi connectivity index (χ0v) is 10.3. The molecule has 0 amide bonds. The standard InChI is InChI=1S/C14H19NO2/c1-14(11-17-14)13-4-2-12(3-5-13)10-15-6-8-16-9-7-15/h2-5H,6-11H2,1H3. The Morgan fingerprint density at radius 1 is 1.18 bits per heavy atom. The van der Waals surface area contributed by atoms with E-state index in [4.69, 9.17) is 9.47 Å². The molecule has 92 valence electrons. The lowest BCUT2D eigenvalue weighted by Crippen LogP contribution is -2.35. The van der Waals surface area contributed by atoms with E-state index < -0.39 is 0 Å². The maximum Gasteiger partial charge on any atom is 0.114 e. The minimum absolute atomic E-state index is 0.00249. The highest BCUT2D eigenvalue weighted by Crippen LogP contribution is 2.37. The summed E-state index contributed by atoms with van der Waals surface area (Å²) in [5, 5.41) is 0. The van der Waals surface area contributed by atoms with Gasteiger partial charge in [-0.2, -0.15) is 0 Å². The molecule has 2 aliphatic heterocycles. The highest BCUT2D eigenvalue weighted by Gasteiger charge is 2.40. The molecule has 0 radical (unpaired) electrons. The molecule has 0 spiro atoms. The molecule has 0 N–H and O–H groups in total. The molecular weight excluding hydrogens is 214 g/mol. The van der Waals surface area contributed by atoms with Crippen molar-refractivity contribution in [3.05, 3.63) is 35.4 Å². The van der Waals surface area contributed by atoms with E-state index in [1.165, 1.54) is 11.1 Å². The largest absolute Gasteiger partial charge is 0.379 e. The van der Waals surface area contributed by atoms with Crippen molar-refractivity contribution >= 4 is 0 Å². The molecule has 0 saturated carbocycles. The summed E-state index contributed by atoms with van der Waals surface area (Å²) in [5.41, 5.74) is 2.67. The molecule has 0 aromatic heterocycles. The molecule has 3 rings (SSSR count). The second-order valence-corrected chi connectivity index (χ2v) is 5.10. The van der Waals surface area contributed by atoms with Gasteiger partial charge in [0.1, 0.15) is 5.60 Å². The van der Waals surface area contributed by atoms with Crippen LogP contribution in [-0.4, -0.2) is 37.8 Å². The van der Waals surface area contributed by atoms with E-state index in [1.807, 2.05) is 0 Å². The van der Waals surface area contributed by atoms with Gasteiger partial charge in [0.05, 0.1) is 19.8 Å². The Kier molecular flexibility index (Phi) is 2.90. The third kappa shape index (κ3) is 2.51. The molecule has 1 aromatic rings. The van der Waals surface area contributed by atoms with Gasteiger partial charge in [-0.3, -0.25) is 4.90 Å². The summed E-state index contributed by atoms with van der Waals surface area (Å²) >= 11 is 0. The zero-order chi connectivity index (χ0) is 11.7. The first-order valence-corrected chi connectivity index (χ1v) is 6.30. The molecular formula is C14H19NO2. The van der Waals surface area contributed by atoms with E-state index in [-0.39, 0.29) is 5.60 Å². The van der Waals surface area contributed by atoms with Crippen molar-refractivity contribution in [2.24, 2.45) is 0 Å². The van der Waals surface area contributed by atoms with Crippen LogP contribution in [0, 0.1) is 0 Å². The molecule has 3 nitrogen and oxygen atoms in total. The predicted molar refractivity (Wildman–Crippen MR) is 65.8 cm³/mol. The lowest BCUT2D eigenvalue weighted by molar-refractivity contribution is 0.0342. The van der Waals surface area contributed by atoms with Gasteiger partial charge in [-0.1, -0.05) is 24.3 Å². The molecule has 1 unspecified atom stereocenters. The quantitative estimate of drug-likeness (QED) is 0.744. The molecule has 17 heavy (non-hydrogen) atoms. The topological polar surface area (TPSA) is 25.0 Å². The Hall–Kier alpha value is -0.900. The first-order chi connectivity index (χ1) is 8.26. The smallest absolute Gasteiger partial charge is 0.114 e. The van der Waals surface area contributed by atoms with Crippen LogP contribution in [0.3, 0.4) is 0 Å². The molecule has 0 bridgehead atoms. The van der Waals surface area contributed by atoms with Crippen LogP contribution >= 0.6 is 0 Å². The van der Waals surface area contributed by atoms with Crippen LogP contribution in [-0.2, 0) is 21.6 Å².